The fourth-order valence-corrected chi connectivity index (χ4v) is 1.04. The molecule has 6 nitrogen and oxygen atoms in total. The summed E-state index contributed by atoms with van der Waals surface area (Å²) in [5.41, 5.74) is 0. The van der Waals surface area contributed by atoms with Gasteiger partial charge in [-0.05, 0) is 24.5 Å². The molecule has 1 rings (SSSR count). The molecule has 18 heavy (non-hydrogen) atoms. The Morgan fingerprint density at radius 3 is 1.67 bits per heavy atom. The number of hydrogen-bond donors (Lipinski definition) is 2. The Hall–Kier alpha value is -2.76. The molecule has 0 saturated carbocycles. The van der Waals surface area contributed by atoms with E-state index >= 15 is 0 Å². The Morgan fingerprint density at radius 2 is 1.33 bits per heavy atom. The van der Waals surface area contributed by atoms with Gasteiger partial charge in [-0.25, -0.2) is 9.59 Å². The molecule has 0 saturated heterocycles. The van der Waals surface area contributed by atoms with Gasteiger partial charge in [-0.15, -0.1) is 0 Å². The van der Waals surface area contributed by atoms with Crippen LogP contribution in [0.3, 0.4) is 0 Å². The molecule has 0 aliphatic heterocycles. The molecule has 0 heterocycles. The highest BCUT2D eigenvalue weighted by molar-refractivity contribution is 5.75. The van der Waals surface area contributed by atoms with E-state index in [4.69, 9.17) is 9.47 Å². The van der Waals surface area contributed by atoms with Crippen LogP contribution in [0.1, 0.15) is 0 Å². The van der Waals surface area contributed by atoms with Gasteiger partial charge in [-0.3, -0.25) is 10.6 Å². The Bertz CT molecular complexity index is 428. The SMILES string of the molecule is C=CNC(=O)Oc1ccccc1OC(=O)NC=C. The summed E-state index contributed by atoms with van der Waals surface area (Å²) < 4.78 is 9.83. The third-order valence-electron chi connectivity index (χ3n) is 1.69. The number of rotatable bonds is 4. The van der Waals surface area contributed by atoms with Crippen LogP contribution in [0.4, 0.5) is 9.59 Å². The van der Waals surface area contributed by atoms with Gasteiger partial charge in [0.25, 0.3) is 0 Å². The molecule has 0 aromatic heterocycles. The van der Waals surface area contributed by atoms with Crippen LogP contribution in [-0.2, 0) is 0 Å². The normalized spacial score (nSPS) is 8.89. The van der Waals surface area contributed by atoms with Gasteiger partial charge in [-0.2, -0.15) is 0 Å². The zero-order valence-corrected chi connectivity index (χ0v) is 9.51. The van der Waals surface area contributed by atoms with Crippen molar-refractivity contribution in [2.75, 3.05) is 0 Å². The number of nitrogens with one attached hydrogen (secondary N) is 2. The van der Waals surface area contributed by atoms with Crippen molar-refractivity contribution in [1.29, 1.82) is 0 Å². The van der Waals surface area contributed by atoms with E-state index in [1.807, 2.05) is 0 Å². The summed E-state index contributed by atoms with van der Waals surface area (Å²) in [6, 6.07) is 6.24. The molecule has 0 atom stereocenters. The summed E-state index contributed by atoms with van der Waals surface area (Å²) in [4.78, 5) is 22.4. The first kappa shape index (κ1) is 13.3. The van der Waals surface area contributed by atoms with Gasteiger partial charge in [0, 0.05) is 0 Å². The second-order valence-corrected chi connectivity index (χ2v) is 2.92. The quantitative estimate of drug-likeness (QED) is 0.855. The summed E-state index contributed by atoms with van der Waals surface area (Å²) in [5, 5.41) is 4.46. The van der Waals surface area contributed by atoms with Crippen molar-refractivity contribution in [3.63, 3.8) is 0 Å². The van der Waals surface area contributed by atoms with Crippen molar-refractivity contribution in [3.8, 4) is 11.5 Å². The number of amides is 2. The molecule has 0 radical (unpaired) electrons. The van der Waals surface area contributed by atoms with E-state index in [-0.39, 0.29) is 11.5 Å². The number of carbonyl (C=O) groups excluding carboxylic acids is 2. The predicted octanol–water partition coefficient (Wildman–Crippen LogP) is 2.15. The summed E-state index contributed by atoms with van der Waals surface area (Å²) >= 11 is 0. The van der Waals surface area contributed by atoms with E-state index < -0.39 is 12.2 Å². The number of hydrogen-bond acceptors (Lipinski definition) is 4. The highest BCUT2D eigenvalue weighted by Crippen LogP contribution is 2.26. The second kappa shape index (κ2) is 6.74. The molecular weight excluding hydrogens is 236 g/mol. The molecule has 1 aromatic rings. The molecule has 2 amide bonds. The van der Waals surface area contributed by atoms with E-state index in [0.29, 0.717) is 0 Å². The molecule has 6 heteroatoms. The Balaban J connectivity index is 2.78. The van der Waals surface area contributed by atoms with Crippen molar-refractivity contribution in [2.45, 2.75) is 0 Å². The first-order valence-electron chi connectivity index (χ1n) is 4.95. The highest BCUT2D eigenvalue weighted by atomic mass is 16.6. The number of benzene rings is 1. The van der Waals surface area contributed by atoms with Crippen molar-refractivity contribution >= 4 is 12.2 Å². The second-order valence-electron chi connectivity index (χ2n) is 2.92. The highest BCUT2D eigenvalue weighted by Gasteiger charge is 2.11. The average Bonchev–Trinajstić information content (AvgIpc) is 2.32. The zero-order valence-electron chi connectivity index (χ0n) is 9.51. The van der Waals surface area contributed by atoms with E-state index in [1.165, 1.54) is 24.5 Å². The molecule has 0 bridgehead atoms. The van der Waals surface area contributed by atoms with Crippen molar-refractivity contribution in [3.05, 3.63) is 49.8 Å². The maximum Gasteiger partial charge on any atom is 0.416 e. The molecule has 0 spiro atoms. The largest absolute Gasteiger partial charge is 0.416 e. The van der Waals surface area contributed by atoms with Gasteiger partial charge >= 0.3 is 12.2 Å². The Kier molecular flexibility index (Phi) is 4.98. The average molecular weight is 248 g/mol. The number of para-hydroxylation sites is 2. The van der Waals surface area contributed by atoms with E-state index in [0.717, 1.165) is 0 Å². The third-order valence-corrected chi connectivity index (χ3v) is 1.69. The molecule has 0 aliphatic carbocycles. The van der Waals surface area contributed by atoms with Gasteiger partial charge in [0.15, 0.2) is 11.5 Å². The molecular formula is C12H12N2O4. The molecule has 2 N–H and O–H groups in total. The lowest BCUT2D eigenvalue weighted by Gasteiger charge is -2.09. The predicted molar refractivity (Wildman–Crippen MR) is 65.2 cm³/mol. The summed E-state index contributed by atoms with van der Waals surface area (Å²) in [6.07, 6.45) is 0.891. The maximum absolute atomic E-state index is 11.2. The molecule has 0 fully saturated rings. The number of carbonyl (C=O) groups is 2. The van der Waals surface area contributed by atoms with E-state index in [2.05, 4.69) is 23.8 Å². The zero-order chi connectivity index (χ0) is 13.4. The smallest absolute Gasteiger partial charge is 0.406 e. The van der Waals surface area contributed by atoms with Gasteiger partial charge in [0.05, 0.1) is 0 Å². The van der Waals surface area contributed by atoms with Crippen LogP contribution in [0.15, 0.2) is 49.8 Å². The lowest BCUT2D eigenvalue weighted by molar-refractivity contribution is 0.194. The number of ether oxygens (including phenoxy) is 2. The van der Waals surface area contributed by atoms with Crippen molar-refractivity contribution in [2.24, 2.45) is 0 Å². The van der Waals surface area contributed by atoms with Crippen LogP contribution in [-0.4, -0.2) is 12.2 Å². The molecule has 1 aromatic carbocycles. The summed E-state index contributed by atoms with van der Waals surface area (Å²) in [7, 11) is 0. The minimum Gasteiger partial charge on any atom is -0.406 e. The summed E-state index contributed by atoms with van der Waals surface area (Å²) in [5.74, 6) is 0.215. The van der Waals surface area contributed by atoms with Gasteiger partial charge in [0.2, 0.25) is 0 Å². The van der Waals surface area contributed by atoms with Gasteiger partial charge < -0.3 is 9.47 Å². The van der Waals surface area contributed by atoms with Gasteiger partial charge in [-0.1, -0.05) is 25.3 Å². The topological polar surface area (TPSA) is 76.7 Å². The molecule has 94 valence electrons. The summed E-state index contributed by atoms with van der Waals surface area (Å²) in [6.45, 7) is 6.64. The van der Waals surface area contributed by atoms with E-state index in [1.54, 1.807) is 12.1 Å². The van der Waals surface area contributed by atoms with E-state index in [9.17, 15) is 9.59 Å². The van der Waals surface area contributed by atoms with Crippen LogP contribution >= 0.6 is 0 Å². The van der Waals surface area contributed by atoms with Crippen LogP contribution in [0.25, 0.3) is 0 Å². The van der Waals surface area contributed by atoms with Gasteiger partial charge in [0.1, 0.15) is 0 Å². The standard InChI is InChI=1S/C12H12N2O4/c1-3-13-11(15)17-9-7-5-6-8-10(9)18-12(16)14-4-2/h3-8H,1-2H2,(H,13,15)(H,14,16). The third kappa shape index (κ3) is 4.01. The monoisotopic (exact) mass is 248 g/mol. The molecule has 0 unspecified atom stereocenters. The Labute approximate surface area is 104 Å². The van der Waals surface area contributed by atoms with Crippen molar-refractivity contribution in [1.82, 2.24) is 10.6 Å². The van der Waals surface area contributed by atoms with Crippen LogP contribution < -0.4 is 20.1 Å². The first-order chi connectivity index (χ1) is 8.67. The molecule has 0 aliphatic rings. The first-order valence-corrected chi connectivity index (χ1v) is 4.95. The van der Waals surface area contributed by atoms with Crippen LogP contribution in [0.5, 0.6) is 11.5 Å². The lowest BCUT2D eigenvalue weighted by atomic mass is 10.3. The fourth-order valence-electron chi connectivity index (χ4n) is 1.04. The lowest BCUT2D eigenvalue weighted by Crippen LogP contribution is -2.23. The minimum atomic E-state index is -0.731. The van der Waals surface area contributed by atoms with Crippen LogP contribution in [0.2, 0.25) is 0 Å². The van der Waals surface area contributed by atoms with Crippen molar-refractivity contribution < 1.29 is 19.1 Å². The minimum absolute atomic E-state index is 0.107. The maximum atomic E-state index is 11.2. The fraction of sp³-hybridized carbons (Fsp3) is 0. The van der Waals surface area contributed by atoms with Crippen LogP contribution in [0, 0.1) is 0 Å². The Morgan fingerprint density at radius 1 is 0.944 bits per heavy atom.